The van der Waals surface area contributed by atoms with Crippen molar-refractivity contribution in [2.45, 2.75) is 129 Å². The van der Waals surface area contributed by atoms with E-state index in [0.29, 0.717) is 0 Å². The van der Waals surface area contributed by atoms with Crippen molar-refractivity contribution in [3.8, 4) is 0 Å². The minimum absolute atomic E-state index is 0.135. The van der Waals surface area contributed by atoms with Crippen LogP contribution in [0.1, 0.15) is 85.5 Å². The van der Waals surface area contributed by atoms with E-state index in [0.717, 1.165) is 18.1 Å². The van der Waals surface area contributed by atoms with Crippen LogP contribution < -0.4 is 0 Å². The third kappa shape index (κ3) is 5.62. The van der Waals surface area contributed by atoms with Crippen LogP contribution in [0.25, 0.3) is 0 Å². The minimum atomic E-state index is -2.48. The van der Waals surface area contributed by atoms with Gasteiger partial charge in [-0.3, -0.25) is 14.4 Å². The Morgan fingerprint density at radius 2 is 1.61 bits per heavy atom. The summed E-state index contributed by atoms with van der Waals surface area (Å²) in [6.45, 7) is 15.3. The molecule has 0 amide bonds. The van der Waals surface area contributed by atoms with Crippen LogP contribution in [0.5, 0.6) is 0 Å². The van der Waals surface area contributed by atoms with Gasteiger partial charge >= 0.3 is 17.9 Å². The molecular formula is C37H52O11Si. The molecule has 270 valence electrons. The average molecular weight is 701 g/mol. The third-order valence-electron chi connectivity index (χ3n) is 12.5. The molecule has 1 unspecified atom stereocenters. The van der Waals surface area contributed by atoms with Gasteiger partial charge in [-0.25, -0.2) is 4.79 Å². The van der Waals surface area contributed by atoms with Crippen molar-refractivity contribution in [3.05, 3.63) is 47.2 Å². The van der Waals surface area contributed by atoms with Crippen molar-refractivity contribution < 1.29 is 52.8 Å². The first kappa shape index (κ1) is 37.4. The number of allylic oxidation sites excluding steroid dienone is 1. The van der Waals surface area contributed by atoms with E-state index < -0.39 is 90.3 Å². The Morgan fingerprint density at radius 3 is 2.12 bits per heavy atom. The molecule has 0 aromatic heterocycles. The van der Waals surface area contributed by atoms with Gasteiger partial charge in [0.05, 0.1) is 35.7 Å². The number of benzene rings is 1. The largest absolute Gasteiger partial charge is 0.455 e. The maximum Gasteiger partial charge on any atom is 0.338 e. The molecule has 49 heavy (non-hydrogen) atoms. The predicted octanol–water partition coefficient (Wildman–Crippen LogP) is 4.89. The van der Waals surface area contributed by atoms with Crippen molar-refractivity contribution in [2.75, 3.05) is 6.61 Å². The average Bonchev–Trinajstić information content (AvgIpc) is 3.04. The quantitative estimate of drug-likeness (QED) is 0.206. The summed E-state index contributed by atoms with van der Waals surface area (Å²) >= 11 is 0. The van der Waals surface area contributed by atoms with E-state index in [1.807, 2.05) is 0 Å². The molecule has 1 aromatic rings. The Bertz CT molecular complexity index is 1510. The highest BCUT2D eigenvalue weighted by atomic mass is 28.4. The Labute approximate surface area is 289 Å². The number of carbonyl (C=O) groups is 4. The number of aliphatic hydroxyl groups excluding tert-OH is 1. The molecule has 1 aliphatic heterocycles. The molecule has 9 atom stereocenters. The van der Waals surface area contributed by atoms with E-state index in [9.17, 15) is 24.6 Å². The summed E-state index contributed by atoms with van der Waals surface area (Å²) < 4.78 is 31.8. The van der Waals surface area contributed by atoms with Crippen molar-refractivity contribution in [2.24, 2.45) is 22.7 Å². The highest BCUT2D eigenvalue weighted by Gasteiger charge is 2.78. The molecule has 1 aromatic carbocycles. The molecular weight excluding hydrogens is 648 g/mol. The van der Waals surface area contributed by atoms with Crippen molar-refractivity contribution in [1.82, 2.24) is 0 Å². The van der Waals surface area contributed by atoms with Crippen LogP contribution in [0.2, 0.25) is 18.1 Å². The van der Waals surface area contributed by atoms with Crippen LogP contribution in [-0.2, 0) is 37.8 Å². The number of ether oxygens (including phenoxy) is 4. The van der Waals surface area contributed by atoms with Crippen LogP contribution in [0.3, 0.4) is 0 Å². The summed E-state index contributed by atoms with van der Waals surface area (Å²) in [5, 5.41) is 24.9. The zero-order valence-corrected chi connectivity index (χ0v) is 31.2. The maximum atomic E-state index is 15.6. The fourth-order valence-corrected chi connectivity index (χ4v) is 12.3. The van der Waals surface area contributed by atoms with Crippen LogP contribution in [0.15, 0.2) is 41.7 Å². The van der Waals surface area contributed by atoms with Gasteiger partial charge in [-0.15, -0.1) is 0 Å². The molecule has 11 nitrogen and oxygen atoms in total. The van der Waals surface area contributed by atoms with E-state index in [1.165, 1.54) is 13.8 Å². The number of aliphatic hydroxyl groups is 2. The number of carbonyl (C=O) groups excluding carboxylic acids is 4. The molecule has 1 heterocycles. The van der Waals surface area contributed by atoms with Gasteiger partial charge in [-0.05, 0) is 42.8 Å². The summed E-state index contributed by atoms with van der Waals surface area (Å²) in [7, 11) is -2.48. The summed E-state index contributed by atoms with van der Waals surface area (Å²) in [4.78, 5) is 55.5. The van der Waals surface area contributed by atoms with Gasteiger partial charge in [0.2, 0.25) is 5.78 Å². The highest BCUT2D eigenvalue weighted by Crippen LogP contribution is 2.65. The Balaban J connectivity index is 1.90. The third-order valence-corrected chi connectivity index (χ3v) is 17.1. The highest BCUT2D eigenvalue weighted by molar-refractivity contribution is 6.73. The lowest BCUT2D eigenvalue weighted by molar-refractivity contribution is -0.344. The topological polar surface area (TPSA) is 155 Å². The smallest absolute Gasteiger partial charge is 0.338 e. The zero-order valence-electron chi connectivity index (χ0n) is 30.2. The molecule has 0 radical (unpaired) electrons. The first-order chi connectivity index (χ1) is 22.9. The standard InChI is InChI=1S/C37H52O11Si/c1-10-49(11-2,12-3)48-26-18-27-36(20-44-27,47-23(6)39)30-32(46-33(42)24-16-14-13-15-17-24)37(43)19-25(40)21(4)28(34(37,7)8)29(45-22(5)38)31(41)35(26,30)9/h13-17,21,25-27,30,32,40,43H,10-12,18-20H2,1-9H3/t21?,25-,26-,27+,30-,32-,35+,36-,37+/m0/s1. The van der Waals surface area contributed by atoms with Gasteiger partial charge in [-0.2, -0.15) is 0 Å². The van der Waals surface area contributed by atoms with Crippen molar-refractivity contribution in [3.63, 3.8) is 0 Å². The van der Waals surface area contributed by atoms with E-state index in [1.54, 1.807) is 58.0 Å². The summed E-state index contributed by atoms with van der Waals surface area (Å²) in [5.74, 6) is -5.01. The lowest BCUT2D eigenvalue weighted by Gasteiger charge is -2.68. The second-order valence-electron chi connectivity index (χ2n) is 15.2. The number of fused-ring (bicyclic) bond motifs is 5. The first-order valence-corrected chi connectivity index (χ1v) is 20.0. The number of ketones is 1. The summed E-state index contributed by atoms with van der Waals surface area (Å²) in [6, 6.07) is 10.6. The number of Topliss-reactive ketones (excluding diaryl/α,β-unsaturated/α-hetero) is 1. The van der Waals surface area contributed by atoms with Crippen molar-refractivity contribution >= 4 is 32.0 Å². The number of hydrogen-bond donors (Lipinski definition) is 2. The molecule has 3 aliphatic carbocycles. The van der Waals surface area contributed by atoms with Gasteiger partial charge in [0, 0.05) is 38.0 Å². The fourth-order valence-electron chi connectivity index (χ4n) is 9.35. The van der Waals surface area contributed by atoms with Gasteiger partial charge in [0.25, 0.3) is 0 Å². The summed E-state index contributed by atoms with van der Waals surface area (Å²) in [5.41, 5.74) is -6.24. The normalized spacial score (nSPS) is 36.7. The summed E-state index contributed by atoms with van der Waals surface area (Å²) in [6.07, 6.45) is -4.46. The molecule has 2 N–H and O–H groups in total. The molecule has 5 rings (SSSR count). The molecule has 0 spiro atoms. The number of hydrogen-bond acceptors (Lipinski definition) is 11. The Kier molecular flexibility index (Phi) is 9.92. The fraction of sp³-hybridized carbons (Fsp3) is 0.676. The molecule has 3 fully saturated rings. The van der Waals surface area contributed by atoms with Crippen molar-refractivity contribution in [1.29, 1.82) is 0 Å². The van der Waals surface area contributed by atoms with E-state index in [-0.39, 0.29) is 36.3 Å². The number of rotatable bonds is 9. The monoisotopic (exact) mass is 700 g/mol. The van der Waals surface area contributed by atoms with Gasteiger partial charge in [0.1, 0.15) is 17.8 Å². The molecule has 2 bridgehead atoms. The van der Waals surface area contributed by atoms with E-state index in [2.05, 4.69) is 20.8 Å². The van der Waals surface area contributed by atoms with E-state index in [4.69, 9.17) is 23.4 Å². The first-order valence-electron chi connectivity index (χ1n) is 17.5. The Hall–Kier alpha value is -2.90. The molecule has 1 saturated heterocycles. The van der Waals surface area contributed by atoms with Gasteiger partial charge in [0.15, 0.2) is 19.7 Å². The minimum Gasteiger partial charge on any atom is -0.455 e. The van der Waals surface area contributed by atoms with Gasteiger partial charge < -0.3 is 33.6 Å². The SMILES string of the molecule is CC[Si](CC)(CC)O[C@H]1C[C@H]2OC[C@@]2(OC(C)=O)[C@H]2[C@H](OC(=O)c3ccccc3)[C@]3(O)C[C@H](O)C(C)C(=C(OC(C)=O)C(=O)[C@]12C)C3(C)C. The molecule has 12 heteroatoms. The van der Waals surface area contributed by atoms with Crippen LogP contribution in [0.4, 0.5) is 0 Å². The maximum absolute atomic E-state index is 15.6. The Morgan fingerprint density at radius 1 is 1.00 bits per heavy atom. The zero-order chi connectivity index (χ0) is 36.3. The van der Waals surface area contributed by atoms with Crippen LogP contribution >= 0.6 is 0 Å². The lowest BCUT2D eigenvalue weighted by atomic mass is 9.45. The van der Waals surface area contributed by atoms with E-state index >= 15 is 4.79 Å². The second-order valence-corrected chi connectivity index (χ2v) is 19.9. The number of esters is 3. The molecule has 4 aliphatic rings. The van der Waals surface area contributed by atoms with Crippen LogP contribution in [0, 0.1) is 22.7 Å². The predicted molar refractivity (Wildman–Crippen MR) is 180 cm³/mol. The molecule has 2 saturated carbocycles. The van der Waals surface area contributed by atoms with Crippen LogP contribution in [-0.4, -0.2) is 84.4 Å². The second kappa shape index (κ2) is 13.0. The lowest BCUT2D eigenvalue weighted by Crippen LogP contribution is -2.81. The van der Waals surface area contributed by atoms with Gasteiger partial charge in [-0.1, -0.05) is 59.7 Å².